The minimum absolute atomic E-state index is 0.237. The summed E-state index contributed by atoms with van der Waals surface area (Å²) in [6, 6.07) is 6.40. The fourth-order valence-corrected chi connectivity index (χ4v) is 1.41. The number of carbonyl (C=O) groups is 1. The maximum Gasteiger partial charge on any atom is 0.338 e. The molecule has 0 aliphatic heterocycles. The van der Waals surface area contributed by atoms with Crippen LogP contribution in [0.2, 0.25) is 0 Å². The Hall–Kier alpha value is -1.85. The van der Waals surface area contributed by atoms with E-state index in [0.717, 1.165) is 0 Å². The van der Waals surface area contributed by atoms with E-state index in [1.54, 1.807) is 24.3 Å². The Bertz CT molecular complexity index is 412. The topological polar surface area (TPSA) is 76.0 Å². The number of esters is 1. The van der Waals surface area contributed by atoms with Crippen LogP contribution in [0, 0.1) is 0 Å². The minimum Gasteiger partial charge on any atom is -0.497 e. The van der Waals surface area contributed by atoms with Crippen LogP contribution in [0.15, 0.2) is 36.9 Å². The fraction of sp³-hybridized carbons (Fsp3) is 0.357. The molecule has 0 saturated heterocycles. The van der Waals surface area contributed by atoms with Crippen molar-refractivity contribution in [2.75, 3.05) is 13.7 Å². The zero-order valence-corrected chi connectivity index (χ0v) is 10.8. The summed E-state index contributed by atoms with van der Waals surface area (Å²) in [5.74, 6) is 0.0745. The lowest BCUT2D eigenvalue weighted by Gasteiger charge is -2.16. The van der Waals surface area contributed by atoms with Crippen LogP contribution in [0.5, 0.6) is 5.75 Å². The van der Waals surface area contributed by atoms with Gasteiger partial charge in [-0.2, -0.15) is 0 Å². The number of aliphatic hydroxyl groups is 2. The van der Waals surface area contributed by atoms with Gasteiger partial charge in [-0.1, -0.05) is 6.08 Å². The number of hydrogen-bond donors (Lipinski definition) is 2. The molecule has 0 spiro atoms. The molecule has 1 rings (SSSR count). The Labute approximate surface area is 112 Å². The number of benzene rings is 1. The van der Waals surface area contributed by atoms with Gasteiger partial charge in [-0.25, -0.2) is 4.79 Å². The van der Waals surface area contributed by atoms with Crippen molar-refractivity contribution >= 4 is 5.97 Å². The number of ether oxygens (including phenoxy) is 2. The number of carbonyl (C=O) groups excluding carboxylic acids is 1. The Balaban J connectivity index is 2.48. The predicted octanol–water partition coefficient (Wildman–Crippen LogP) is 1.15. The van der Waals surface area contributed by atoms with E-state index in [4.69, 9.17) is 9.47 Å². The molecule has 0 heterocycles. The second kappa shape index (κ2) is 7.56. The molecule has 1 aromatic carbocycles. The Morgan fingerprint density at radius 2 is 1.95 bits per heavy atom. The van der Waals surface area contributed by atoms with E-state index < -0.39 is 18.2 Å². The first kappa shape index (κ1) is 15.2. The van der Waals surface area contributed by atoms with Crippen LogP contribution in [0.1, 0.15) is 16.8 Å². The molecule has 2 N–H and O–H groups in total. The van der Waals surface area contributed by atoms with Crippen molar-refractivity contribution in [1.29, 1.82) is 0 Å². The van der Waals surface area contributed by atoms with E-state index in [1.807, 2.05) is 0 Å². The molecule has 19 heavy (non-hydrogen) atoms. The van der Waals surface area contributed by atoms with Gasteiger partial charge in [0, 0.05) is 0 Å². The quantitative estimate of drug-likeness (QED) is 0.572. The lowest BCUT2D eigenvalue weighted by atomic mass is 10.1. The first-order chi connectivity index (χ1) is 9.08. The molecule has 0 saturated carbocycles. The number of methoxy groups -OCH3 is 1. The summed E-state index contributed by atoms with van der Waals surface area (Å²) in [6.07, 6.45) is -0.387. The average Bonchev–Trinajstić information content (AvgIpc) is 2.44. The van der Waals surface area contributed by atoms with E-state index in [2.05, 4.69) is 6.58 Å². The summed E-state index contributed by atoms with van der Waals surface area (Å²) < 4.78 is 9.88. The van der Waals surface area contributed by atoms with Gasteiger partial charge in [0.1, 0.15) is 18.5 Å². The highest BCUT2D eigenvalue weighted by molar-refractivity contribution is 5.89. The molecule has 104 valence electrons. The average molecular weight is 266 g/mol. The van der Waals surface area contributed by atoms with Gasteiger partial charge in [0.25, 0.3) is 0 Å². The SMILES string of the molecule is C=CC[C@H](O)[C@@H](O)COC(=O)c1ccc(OC)cc1. The molecule has 0 aliphatic carbocycles. The van der Waals surface area contributed by atoms with Crippen LogP contribution < -0.4 is 4.74 Å². The summed E-state index contributed by atoms with van der Waals surface area (Å²) in [6.45, 7) is 3.19. The monoisotopic (exact) mass is 266 g/mol. The normalized spacial score (nSPS) is 13.4. The number of hydrogen-bond acceptors (Lipinski definition) is 5. The van der Waals surface area contributed by atoms with Gasteiger partial charge in [0.2, 0.25) is 0 Å². The zero-order valence-electron chi connectivity index (χ0n) is 10.8. The van der Waals surface area contributed by atoms with Crippen LogP contribution in [0.4, 0.5) is 0 Å². The Morgan fingerprint density at radius 1 is 1.32 bits per heavy atom. The van der Waals surface area contributed by atoms with Gasteiger partial charge < -0.3 is 19.7 Å². The summed E-state index contributed by atoms with van der Waals surface area (Å²) >= 11 is 0. The maximum atomic E-state index is 11.7. The van der Waals surface area contributed by atoms with E-state index in [-0.39, 0.29) is 13.0 Å². The standard InChI is InChI=1S/C14H18O5/c1-3-4-12(15)13(16)9-19-14(17)10-5-7-11(18-2)8-6-10/h3,5-8,12-13,15-16H,1,4,9H2,2H3/t12-,13-/m0/s1. The van der Waals surface area contributed by atoms with E-state index in [0.29, 0.717) is 11.3 Å². The van der Waals surface area contributed by atoms with E-state index in [1.165, 1.54) is 13.2 Å². The summed E-state index contributed by atoms with van der Waals surface area (Å²) in [7, 11) is 1.53. The molecule has 0 aliphatic rings. The first-order valence-electron chi connectivity index (χ1n) is 5.86. The van der Waals surface area contributed by atoms with E-state index >= 15 is 0 Å². The van der Waals surface area contributed by atoms with Crippen LogP contribution >= 0.6 is 0 Å². The summed E-state index contributed by atoms with van der Waals surface area (Å²) in [5, 5.41) is 19.0. The zero-order chi connectivity index (χ0) is 14.3. The summed E-state index contributed by atoms with van der Waals surface area (Å²) in [4.78, 5) is 11.7. The lowest BCUT2D eigenvalue weighted by molar-refractivity contribution is -0.0257. The highest BCUT2D eigenvalue weighted by Crippen LogP contribution is 2.12. The lowest BCUT2D eigenvalue weighted by Crippen LogP contribution is -2.31. The minimum atomic E-state index is -1.12. The van der Waals surface area contributed by atoms with Gasteiger partial charge in [-0.3, -0.25) is 0 Å². The van der Waals surface area contributed by atoms with Crippen LogP contribution in [-0.4, -0.2) is 42.1 Å². The number of aliphatic hydroxyl groups excluding tert-OH is 2. The molecule has 0 aromatic heterocycles. The van der Waals surface area contributed by atoms with Gasteiger partial charge in [0.05, 0.1) is 18.8 Å². The number of rotatable bonds is 7. The second-order valence-corrected chi connectivity index (χ2v) is 3.99. The third kappa shape index (κ3) is 4.73. The third-order valence-electron chi connectivity index (χ3n) is 2.56. The third-order valence-corrected chi connectivity index (χ3v) is 2.56. The largest absolute Gasteiger partial charge is 0.497 e. The van der Waals surface area contributed by atoms with E-state index in [9.17, 15) is 15.0 Å². The molecule has 2 atom stereocenters. The maximum absolute atomic E-state index is 11.7. The predicted molar refractivity (Wildman–Crippen MR) is 70.1 cm³/mol. The summed E-state index contributed by atoms with van der Waals surface area (Å²) in [5.41, 5.74) is 0.353. The molecule has 0 amide bonds. The fourth-order valence-electron chi connectivity index (χ4n) is 1.41. The van der Waals surface area contributed by atoms with Crippen molar-refractivity contribution in [3.05, 3.63) is 42.5 Å². The van der Waals surface area contributed by atoms with Gasteiger partial charge in [-0.15, -0.1) is 6.58 Å². The smallest absolute Gasteiger partial charge is 0.338 e. The van der Waals surface area contributed by atoms with Crippen LogP contribution in [-0.2, 0) is 4.74 Å². The molecule has 1 aromatic rings. The molecule has 0 bridgehead atoms. The molecule has 0 fully saturated rings. The Morgan fingerprint density at radius 3 is 2.47 bits per heavy atom. The van der Waals surface area contributed by atoms with Gasteiger partial charge in [-0.05, 0) is 30.7 Å². The molecular weight excluding hydrogens is 248 g/mol. The van der Waals surface area contributed by atoms with Crippen molar-refractivity contribution in [3.8, 4) is 5.75 Å². The molecular formula is C14H18O5. The first-order valence-corrected chi connectivity index (χ1v) is 5.86. The Kier molecular flexibility index (Phi) is 6.05. The molecule has 5 nitrogen and oxygen atoms in total. The van der Waals surface area contributed by atoms with Crippen molar-refractivity contribution in [1.82, 2.24) is 0 Å². The van der Waals surface area contributed by atoms with Crippen molar-refractivity contribution in [2.45, 2.75) is 18.6 Å². The van der Waals surface area contributed by atoms with Crippen molar-refractivity contribution in [2.24, 2.45) is 0 Å². The molecule has 0 radical (unpaired) electrons. The van der Waals surface area contributed by atoms with Gasteiger partial charge >= 0.3 is 5.97 Å². The second-order valence-electron chi connectivity index (χ2n) is 3.99. The molecule has 5 heteroatoms. The van der Waals surface area contributed by atoms with Crippen LogP contribution in [0.3, 0.4) is 0 Å². The van der Waals surface area contributed by atoms with Gasteiger partial charge in [0.15, 0.2) is 0 Å². The highest BCUT2D eigenvalue weighted by atomic mass is 16.5. The highest BCUT2D eigenvalue weighted by Gasteiger charge is 2.17. The van der Waals surface area contributed by atoms with Crippen molar-refractivity contribution < 1.29 is 24.5 Å². The van der Waals surface area contributed by atoms with Crippen LogP contribution in [0.25, 0.3) is 0 Å². The van der Waals surface area contributed by atoms with Crippen molar-refractivity contribution in [3.63, 3.8) is 0 Å². The molecule has 0 unspecified atom stereocenters.